The smallest absolute Gasteiger partial charge is 0.119 e. The van der Waals surface area contributed by atoms with Crippen LogP contribution in [0.15, 0.2) is 42.5 Å². The first kappa shape index (κ1) is 19.4. The van der Waals surface area contributed by atoms with Gasteiger partial charge in [-0.25, -0.2) is 0 Å². The van der Waals surface area contributed by atoms with Crippen molar-refractivity contribution in [3.63, 3.8) is 0 Å². The Labute approximate surface area is 154 Å². The van der Waals surface area contributed by atoms with E-state index in [9.17, 15) is 0 Å². The second-order valence-corrected chi connectivity index (χ2v) is 6.97. The van der Waals surface area contributed by atoms with Gasteiger partial charge in [-0.05, 0) is 79.9 Å². The number of benzene rings is 1. The summed E-state index contributed by atoms with van der Waals surface area (Å²) in [5.74, 6) is 8.88. The molecular weight excluding hydrogens is 304 g/mol. The van der Waals surface area contributed by atoms with Crippen LogP contribution in [0, 0.1) is 23.7 Å². The summed E-state index contributed by atoms with van der Waals surface area (Å²) >= 11 is 0. The van der Waals surface area contributed by atoms with Crippen LogP contribution in [-0.2, 0) is 0 Å². The van der Waals surface area contributed by atoms with E-state index >= 15 is 0 Å². The number of ether oxygens (including phenoxy) is 1. The van der Waals surface area contributed by atoms with Crippen molar-refractivity contribution in [1.82, 2.24) is 0 Å². The van der Waals surface area contributed by atoms with Crippen molar-refractivity contribution >= 4 is 6.08 Å². The van der Waals surface area contributed by atoms with Gasteiger partial charge in [0.1, 0.15) is 5.75 Å². The molecule has 1 aromatic carbocycles. The van der Waals surface area contributed by atoms with E-state index in [0.717, 1.165) is 36.2 Å². The van der Waals surface area contributed by atoms with Gasteiger partial charge in [0.15, 0.2) is 0 Å². The first-order valence-corrected chi connectivity index (χ1v) is 9.89. The van der Waals surface area contributed by atoms with Crippen LogP contribution in [0.4, 0.5) is 0 Å². The van der Waals surface area contributed by atoms with Gasteiger partial charge in [0.2, 0.25) is 0 Å². The lowest BCUT2D eigenvalue weighted by Crippen LogP contribution is -2.12. The topological polar surface area (TPSA) is 9.23 Å². The molecule has 0 heterocycles. The summed E-state index contributed by atoms with van der Waals surface area (Å²) in [5.41, 5.74) is 1.15. The number of hydrogen-bond acceptors (Lipinski definition) is 1. The molecule has 0 radical (unpaired) electrons. The quantitative estimate of drug-likeness (QED) is 0.506. The zero-order valence-corrected chi connectivity index (χ0v) is 15.8. The Morgan fingerprint density at radius 1 is 0.960 bits per heavy atom. The summed E-state index contributed by atoms with van der Waals surface area (Å²) in [6.45, 7) is 5.18. The zero-order chi connectivity index (χ0) is 17.7. The summed E-state index contributed by atoms with van der Waals surface area (Å²) < 4.78 is 5.58. The van der Waals surface area contributed by atoms with E-state index in [0.29, 0.717) is 0 Å². The Morgan fingerprint density at radius 3 is 2.36 bits per heavy atom. The molecule has 0 aromatic heterocycles. The van der Waals surface area contributed by atoms with Crippen molar-refractivity contribution in [2.45, 2.75) is 58.8 Å². The minimum Gasteiger partial charge on any atom is -0.494 e. The molecule has 0 saturated heterocycles. The van der Waals surface area contributed by atoms with Gasteiger partial charge in [0.05, 0.1) is 6.61 Å². The highest BCUT2D eigenvalue weighted by Gasteiger charge is 2.18. The lowest BCUT2D eigenvalue weighted by molar-refractivity contribution is 0.294. The van der Waals surface area contributed by atoms with E-state index in [-0.39, 0.29) is 0 Å². The van der Waals surface area contributed by atoms with Crippen molar-refractivity contribution in [2.24, 2.45) is 11.8 Å². The van der Waals surface area contributed by atoms with Crippen molar-refractivity contribution in [2.75, 3.05) is 6.61 Å². The maximum atomic E-state index is 5.58. The molecule has 0 unspecified atom stereocenters. The summed E-state index contributed by atoms with van der Waals surface area (Å²) in [6, 6.07) is 8.15. The molecule has 0 amide bonds. The maximum absolute atomic E-state index is 5.58. The van der Waals surface area contributed by atoms with Gasteiger partial charge in [-0.1, -0.05) is 56.7 Å². The molecule has 0 atom stereocenters. The van der Waals surface area contributed by atoms with Crippen LogP contribution < -0.4 is 4.74 Å². The maximum Gasteiger partial charge on any atom is 0.119 e. The van der Waals surface area contributed by atoms with Crippen LogP contribution >= 0.6 is 0 Å². The first-order chi connectivity index (χ1) is 12.3. The molecule has 2 rings (SSSR count). The van der Waals surface area contributed by atoms with Gasteiger partial charge in [0, 0.05) is 0 Å². The second-order valence-electron chi connectivity index (χ2n) is 6.97. The fourth-order valence-electron chi connectivity index (χ4n) is 3.39. The van der Waals surface area contributed by atoms with E-state index in [1.165, 1.54) is 38.5 Å². The van der Waals surface area contributed by atoms with Crippen LogP contribution in [0.3, 0.4) is 0 Å². The Balaban J connectivity index is 1.72. The summed E-state index contributed by atoms with van der Waals surface area (Å²) in [7, 11) is 0. The third kappa shape index (κ3) is 7.65. The Hall–Kier alpha value is -1.94. The molecule has 1 heteroatoms. The molecule has 0 bridgehead atoms. The van der Waals surface area contributed by atoms with Gasteiger partial charge in [-0.15, -0.1) is 0 Å². The minimum atomic E-state index is 0.738. The van der Waals surface area contributed by atoms with E-state index in [2.05, 4.69) is 43.9 Å². The number of allylic oxidation sites excluding steroid dienone is 3. The van der Waals surface area contributed by atoms with Crippen LogP contribution in [0.2, 0.25) is 0 Å². The normalized spacial score (nSPS) is 20.6. The van der Waals surface area contributed by atoms with Gasteiger partial charge < -0.3 is 4.74 Å². The number of rotatable bonds is 7. The summed E-state index contributed by atoms with van der Waals surface area (Å²) in [6.07, 6.45) is 17.6. The fraction of sp³-hybridized carbons (Fsp3) is 0.500. The molecule has 0 spiro atoms. The van der Waals surface area contributed by atoms with E-state index in [1.807, 2.05) is 30.4 Å². The molecular formula is C24H32O. The Kier molecular flexibility index (Phi) is 8.98. The monoisotopic (exact) mass is 336 g/mol. The SMILES string of the molecule is CCCOc1ccc(C=CC#CC=CC2CCC(CCC)CC2)cc1. The van der Waals surface area contributed by atoms with Crippen LogP contribution in [0.1, 0.15) is 64.4 Å². The van der Waals surface area contributed by atoms with Crippen LogP contribution in [0.25, 0.3) is 6.08 Å². The lowest BCUT2D eigenvalue weighted by atomic mass is 9.80. The molecule has 25 heavy (non-hydrogen) atoms. The highest BCUT2D eigenvalue weighted by atomic mass is 16.5. The predicted octanol–water partition coefficient (Wildman–Crippen LogP) is 6.65. The standard InChI is InChI=1S/C24H32O/c1-3-9-21-12-14-22(15-13-21)10-7-5-6-8-11-23-16-18-24(19-17-23)25-20-4-2/h7-8,10-11,16-19,21-22H,3-4,9,12-15,20H2,1-2H3. The fourth-order valence-corrected chi connectivity index (χ4v) is 3.39. The van der Waals surface area contributed by atoms with Gasteiger partial charge in [-0.3, -0.25) is 0 Å². The molecule has 0 aliphatic heterocycles. The molecule has 0 N–H and O–H groups in total. The highest BCUT2D eigenvalue weighted by Crippen LogP contribution is 2.31. The zero-order valence-electron chi connectivity index (χ0n) is 15.8. The second kappa shape index (κ2) is 11.6. The molecule has 1 fully saturated rings. The minimum absolute atomic E-state index is 0.738. The van der Waals surface area contributed by atoms with Gasteiger partial charge in [0.25, 0.3) is 0 Å². The largest absolute Gasteiger partial charge is 0.494 e. The lowest BCUT2D eigenvalue weighted by Gasteiger charge is -2.26. The van der Waals surface area contributed by atoms with E-state index < -0.39 is 0 Å². The third-order valence-corrected chi connectivity index (χ3v) is 4.84. The predicted molar refractivity (Wildman–Crippen MR) is 109 cm³/mol. The third-order valence-electron chi connectivity index (χ3n) is 4.84. The van der Waals surface area contributed by atoms with Crippen molar-refractivity contribution in [3.8, 4) is 17.6 Å². The van der Waals surface area contributed by atoms with Gasteiger partial charge >= 0.3 is 0 Å². The molecule has 134 valence electrons. The molecule has 1 aliphatic carbocycles. The van der Waals surface area contributed by atoms with Gasteiger partial charge in [-0.2, -0.15) is 0 Å². The molecule has 1 aromatic rings. The summed E-state index contributed by atoms with van der Waals surface area (Å²) in [4.78, 5) is 0. The Morgan fingerprint density at radius 2 is 1.68 bits per heavy atom. The van der Waals surface area contributed by atoms with Crippen LogP contribution in [0.5, 0.6) is 5.75 Å². The average molecular weight is 337 g/mol. The average Bonchev–Trinajstić information content (AvgIpc) is 2.65. The molecule has 1 aliphatic rings. The van der Waals surface area contributed by atoms with Crippen molar-refractivity contribution < 1.29 is 4.74 Å². The van der Waals surface area contributed by atoms with E-state index in [1.54, 1.807) is 0 Å². The Bertz CT molecular complexity index is 589. The van der Waals surface area contributed by atoms with Crippen molar-refractivity contribution in [3.05, 3.63) is 48.1 Å². The molecule has 1 nitrogen and oxygen atoms in total. The number of hydrogen-bond donors (Lipinski definition) is 0. The van der Waals surface area contributed by atoms with Crippen LogP contribution in [-0.4, -0.2) is 6.61 Å². The molecule has 1 saturated carbocycles. The first-order valence-electron chi connectivity index (χ1n) is 9.89. The summed E-state index contributed by atoms with van der Waals surface area (Å²) in [5, 5.41) is 0. The van der Waals surface area contributed by atoms with E-state index in [4.69, 9.17) is 4.74 Å². The highest BCUT2D eigenvalue weighted by molar-refractivity contribution is 5.54. The van der Waals surface area contributed by atoms with Crippen molar-refractivity contribution in [1.29, 1.82) is 0 Å².